The van der Waals surface area contributed by atoms with Crippen LogP contribution in [0.15, 0.2) is 41.0 Å². The molecule has 2 atom stereocenters. The zero-order valence-electron chi connectivity index (χ0n) is 12.1. The van der Waals surface area contributed by atoms with Crippen LogP contribution in [0.5, 0.6) is 5.75 Å². The first kappa shape index (κ1) is 13.3. The van der Waals surface area contributed by atoms with E-state index in [4.69, 9.17) is 9.15 Å². The zero-order chi connectivity index (χ0) is 13.9. The number of aryl methyl sites for hydroxylation is 1. The Labute approximate surface area is 119 Å². The molecule has 3 rings (SSSR count). The van der Waals surface area contributed by atoms with Gasteiger partial charge < -0.3 is 14.5 Å². The number of methoxy groups -OCH3 is 1. The molecule has 1 heterocycles. The first-order chi connectivity index (χ1) is 9.78. The van der Waals surface area contributed by atoms with Crippen molar-refractivity contribution in [3.63, 3.8) is 0 Å². The van der Waals surface area contributed by atoms with Crippen molar-refractivity contribution in [1.82, 2.24) is 5.32 Å². The van der Waals surface area contributed by atoms with Crippen LogP contribution in [0.3, 0.4) is 0 Å². The van der Waals surface area contributed by atoms with Gasteiger partial charge in [0.1, 0.15) is 11.5 Å². The predicted octanol–water partition coefficient (Wildman–Crippen LogP) is 4.02. The van der Waals surface area contributed by atoms with Gasteiger partial charge in [0.2, 0.25) is 0 Å². The molecule has 0 radical (unpaired) electrons. The minimum atomic E-state index is 0.225. The van der Waals surface area contributed by atoms with Crippen LogP contribution in [-0.4, -0.2) is 7.11 Å². The van der Waals surface area contributed by atoms with E-state index in [1.54, 1.807) is 13.4 Å². The maximum Gasteiger partial charge on any atom is 0.120 e. The molecule has 1 aromatic carbocycles. The van der Waals surface area contributed by atoms with Gasteiger partial charge in [0.05, 0.1) is 19.4 Å². The van der Waals surface area contributed by atoms with Gasteiger partial charge in [0, 0.05) is 6.04 Å². The fraction of sp³-hybridized carbons (Fsp3) is 0.412. The highest BCUT2D eigenvalue weighted by Gasteiger charge is 2.23. The smallest absolute Gasteiger partial charge is 0.120 e. The summed E-state index contributed by atoms with van der Waals surface area (Å²) < 4.78 is 10.8. The molecular formula is C17H21NO2. The van der Waals surface area contributed by atoms with Crippen LogP contribution in [0.25, 0.3) is 0 Å². The summed E-state index contributed by atoms with van der Waals surface area (Å²) in [5, 5.41) is 3.68. The lowest BCUT2D eigenvalue weighted by molar-refractivity contribution is 0.366. The minimum absolute atomic E-state index is 0.225. The quantitative estimate of drug-likeness (QED) is 0.912. The molecule has 0 bridgehead atoms. The number of furan rings is 1. The molecule has 106 valence electrons. The van der Waals surface area contributed by atoms with Crippen LogP contribution in [0.4, 0.5) is 0 Å². The standard InChI is InChI=1S/C17H21NO2/c1-12(17-7-4-10-20-17)18-16-6-3-5-13-11-14(19-2)8-9-15(13)16/h4,7-12,16,18H,3,5-6H2,1-2H3/t12-,16?/m0/s1. The van der Waals surface area contributed by atoms with E-state index in [0.717, 1.165) is 17.9 Å². The van der Waals surface area contributed by atoms with Crippen LogP contribution < -0.4 is 10.1 Å². The first-order valence-electron chi connectivity index (χ1n) is 7.24. The molecule has 1 aromatic heterocycles. The van der Waals surface area contributed by atoms with Crippen LogP contribution in [-0.2, 0) is 6.42 Å². The van der Waals surface area contributed by atoms with Gasteiger partial charge in [-0.2, -0.15) is 0 Å². The van der Waals surface area contributed by atoms with E-state index in [1.807, 2.05) is 12.1 Å². The number of benzene rings is 1. The summed E-state index contributed by atoms with van der Waals surface area (Å²) in [7, 11) is 1.72. The molecule has 0 saturated heterocycles. The highest BCUT2D eigenvalue weighted by molar-refractivity contribution is 5.39. The molecule has 2 aromatic rings. The van der Waals surface area contributed by atoms with Gasteiger partial charge in [-0.1, -0.05) is 6.07 Å². The van der Waals surface area contributed by atoms with Crippen LogP contribution in [0.2, 0.25) is 0 Å². The monoisotopic (exact) mass is 271 g/mol. The number of nitrogens with one attached hydrogen (secondary N) is 1. The molecule has 1 N–H and O–H groups in total. The van der Waals surface area contributed by atoms with E-state index in [-0.39, 0.29) is 6.04 Å². The van der Waals surface area contributed by atoms with Gasteiger partial charge in [-0.3, -0.25) is 0 Å². The lowest BCUT2D eigenvalue weighted by Crippen LogP contribution is -2.27. The molecule has 0 aliphatic heterocycles. The molecule has 0 spiro atoms. The molecule has 0 amide bonds. The third-order valence-electron chi connectivity index (χ3n) is 4.09. The highest BCUT2D eigenvalue weighted by Crippen LogP contribution is 2.33. The molecule has 3 heteroatoms. The maximum atomic E-state index is 5.48. The molecule has 0 saturated carbocycles. The van der Waals surface area contributed by atoms with Gasteiger partial charge >= 0.3 is 0 Å². The number of fused-ring (bicyclic) bond motifs is 1. The largest absolute Gasteiger partial charge is 0.497 e. The van der Waals surface area contributed by atoms with E-state index in [9.17, 15) is 0 Å². The molecule has 3 nitrogen and oxygen atoms in total. The SMILES string of the molecule is COc1ccc2c(c1)CCCC2N[C@@H](C)c1ccco1. The fourth-order valence-corrected chi connectivity index (χ4v) is 3.01. The van der Waals surface area contributed by atoms with Crippen molar-refractivity contribution in [2.24, 2.45) is 0 Å². The van der Waals surface area contributed by atoms with E-state index < -0.39 is 0 Å². The Morgan fingerprint density at radius 3 is 3.00 bits per heavy atom. The van der Waals surface area contributed by atoms with Crippen LogP contribution >= 0.6 is 0 Å². The summed E-state index contributed by atoms with van der Waals surface area (Å²) in [6.45, 7) is 2.15. The van der Waals surface area contributed by atoms with E-state index >= 15 is 0 Å². The van der Waals surface area contributed by atoms with Crippen LogP contribution in [0, 0.1) is 0 Å². The van der Waals surface area contributed by atoms with E-state index in [2.05, 4.69) is 30.4 Å². The van der Waals surface area contributed by atoms with Gasteiger partial charge in [-0.05, 0) is 61.6 Å². The second-order valence-corrected chi connectivity index (χ2v) is 5.41. The molecule has 1 unspecified atom stereocenters. The third kappa shape index (κ3) is 2.59. The zero-order valence-corrected chi connectivity index (χ0v) is 12.1. The summed E-state index contributed by atoms with van der Waals surface area (Å²) in [6, 6.07) is 11.0. The Balaban J connectivity index is 1.79. The number of rotatable bonds is 4. The van der Waals surface area contributed by atoms with Crippen molar-refractivity contribution >= 4 is 0 Å². The molecule has 1 aliphatic rings. The average Bonchev–Trinajstić information content (AvgIpc) is 3.01. The van der Waals surface area contributed by atoms with Crippen molar-refractivity contribution in [2.45, 2.75) is 38.3 Å². The van der Waals surface area contributed by atoms with Gasteiger partial charge in [0.15, 0.2) is 0 Å². The van der Waals surface area contributed by atoms with E-state index in [1.165, 1.54) is 24.0 Å². The van der Waals surface area contributed by atoms with Crippen molar-refractivity contribution in [3.8, 4) is 5.75 Å². The average molecular weight is 271 g/mol. The Morgan fingerprint density at radius 2 is 2.25 bits per heavy atom. The van der Waals surface area contributed by atoms with Crippen molar-refractivity contribution < 1.29 is 9.15 Å². The first-order valence-corrected chi connectivity index (χ1v) is 7.24. The summed E-state index contributed by atoms with van der Waals surface area (Å²) in [5.41, 5.74) is 2.80. The van der Waals surface area contributed by atoms with Crippen molar-refractivity contribution in [3.05, 3.63) is 53.5 Å². The van der Waals surface area contributed by atoms with Crippen molar-refractivity contribution in [2.75, 3.05) is 7.11 Å². The molecule has 0 fully saturated rings. The van der Waals surface area contributed by atoms with Gasteiger partial charge in [-0.25, -0.2) is 0 Å². The summed E-state index contributed by atoms with van der Waals surface area (Å²) in [6.07, 6.45) is 5.25. The number of ether oxygens (including phenoxy) is 1. The second-order valence-electron chi connectivity index (χ2n) is 5.41. The number of hydrogen-bond acceptors (Lipinski definition) is 3. The Morgan fingerprint density at radius 1 is 1.35 bits per heavy atom. The second kappa shape index (κ2) is 5.71. The normalized spacial score (nSPS) is 19.4. The third-order valence-corrected chi connectivity index (χ3v) is 4.09. The summed E-state index contributed by atoms with van der Waals surface area (Å²) >= 11 is 0. The maximum absolute atomic E-state index is 5.48. The van der Waals surface area contributed by atoms with Gasteiger partial charge in [0.25, 0.3) is 0 Å². The summed E-state index contributed by atoms with van der Waals surface area (Å²) in [5.74, 6) is 1.94. The Bertz CT molecular complexity index is 562. The van der Waals surface area contributed by atoms with Crippen molar-refractivity contribution in [1.29, 1.82) is 0 Å². The minimum Gasteiger partial charge on any atom is -0.497 e. The molecular weight excluding hydrogens is 250 g/mol. The lowest BCUT2D eigenvalue weighted by Gasteiger charge is -2.29. The van der Waals surface area contributed by atoms with E-state index in [0.29, 0.717) is 6.04 Å². The number of hydrogen-bond donors (Lipinski definition) is 1. The predicted molar refractivity (Wildman–Crippen MR) is 78.9 cm³/mol. The topological polar surface area (TPSA) is 34.4 Å². The Kier molecular flexibility index (Phi) is 3.79. The summed E-state index contributed by atoms with van der Waals surface area (Å²) in [4.78, 5) is 0. The molecule has 1 aliphatic carbocycles. The highest BCUT2D eigenvalue weighted by atomic mass is 16.5. The lowest BCUT2D eigenvalue weighted by atomic mass is 9.87. The van der Waals surface area contributed by atoms with Gasteiger partial charge in [-0.15, -0.1) is 0 Å². The van der Waals surface area contributed by atoms with Crippen LogP contribution in [0.1, 0.15) is 48.7 Å². The molecule has 20 heavy (non-hydrogen) atoms. The fourth-order valence-electron chi connectivity index (χ4n) is 3.01. The Hall–Kier alpha value is -1.74.